The minimum atomic E-state index is 0.845. The summed E-state index contributed by atoms with van der Waals surface area (Å²) in [6.07, 6.45) is 9.87. The summed E-state index contributed by atoms with van der Waals surface area (Å²) in [6, 6.07) is 0. The molecule has 0 aromatic rings. The van der Waals surface area contributed by atoms with Gasteiger partial charge in [0.25, 0.3) is 0 Å². The van der Waals surface area contributed by atoms with Gasteiger partial charge in [0, 0.05) is 20.6 Å². The first kappa shape index (κ1) is 14.3. The number of hydrogen-bond acceptors (Lipinski definition) is 1. The largest absolute Gasteiger partial charge is 0.359 e. The topological polar surface area (TPSA) is 36.4 Å². The van der Waals surface area contributed by atoms with Gasteiger partial charge < -0.3 is 10.6 Å². The molecule has 0 bridgehead atoms. The van der Waals surface area contributed by atoms with Crippen LogP contribution in [0.1, 0.15) is 51.9 Å². The molecule has 0 aliphatic heterocycles. The summed E-state index contributed by atoms with van der Waals surface area (Å²) in [5, 5.41) is 6.45. The molecule has 1 rings (SSSR count). The van der Waals surface area contributed by atoms with Gasteiger partial charge >= 0.3 is 0 Å². The molecule has 17 heavy (non-hydrogen) atoms. The van der Waals surface area contributed by atoms with Crippen LogP contribution in [-0.4, -0.2) is 26.6 Å². The van der Waals surface area contributed by atoms with Crippen LogP contribution in [0.3, 0.4) is 0 Å². The standard InChI is InChI=1S/C14H29N3/c1-4-5-6-12-7-9-13(10-8-12)11-17-14(15-2)16-3/h12-13H,4-11H2,1-3H3,(H2,15,16,17). The second kappa shape index (κ2) is 8.37. The first-order valence-electron chi connectivity index (χ1n) is 7.18. The van der Waals surface area contributed by atoms with E-state index in [0.29, 0.717) is 0 Å². The zero-order valence-electron chi connectivity index (χ0n) is 11.8. The van der Waals surface area contributed by atoms with Crippen molar-refractivity contribution in [1.82, 2.24) is 10.6 Å². The summed E-state index contributed by atoms with van der Waals surface area (Å²) < 4.78 is 0. The van der Waals surface area contributed by atoms with Gasteiger partial charge in [-0.15, -0.1) is 0 Å². The van der Waals surface area contributed by atoms with Gasteiger partial charge in [-0.3, -0.25) is 4.99 Å². The molecule has 2 N–H and O–H groups in total. The van der Waals surface area contributed by atoms with E-state index in [-0.39, 0.29) is 0 Å². The van der Waals surface area contributed by atoms with Gasteiger partial charge in [0.15, 0.2) is 5.96 Å². The number of aliphatic imine (C=N–C) groups is 1. The van der Waals surface area contributed by atoms with Crippen LogP contribution in [0.15, 0.2) is 4.99 Å². The van der Waals surface area contributed by atoms with Crippen molar-refractivity contribution >= 4 is 5.96 Å². The predicted octanol–water partition coefficient (Wildman–Crippen LogP) is 2.78. The van der Waals surface area contributed by atoms with Gasteiger partial charge in [-0.05, 0) is 24.7 Å². The Kier molecular flexibility index (Phi) is 7.06. The van der Waals surface area contributed by atoms with Crippen LogP contribution in [0.2, 0.25) is 0 Å². The van der Waals surface area contributed by atoms with Crippen molar-refractivity contribution in [3.63, 3.8) is 0 Å². The van der Waals surface area contributed by atoms with Crippen molar-refractivity contribution in [3.8, 4) is 0 Å². The molecule has 3 heteroatoms. The quantitative estimate of drug-likeness (QED) is 0.572. The maximum absolute atomic E-state index is 4.14. The van der Waals surface area contributed by atoms with Crippen molar-refractivity contribution < 1.29 is 0 Å². The Morgan fingerprint density at radius 1 is 1.18 bits per heavy atom. The Balaban J connectivity index is 2.14. The van der Waals surface area contributed by atoms with E-state index >= 15 is 0 Å². The van der Waals surface area contributed by atoms with E-state index in [1.54, 1.807) is 0 Å². The summed E-state index contributed by atoms with van der Waals surface area (Å²) in [6.45, 7) is 3.37. The molecule has 0 atom stereocenters. The molecule has 100 valence electrons. The molecule has 0 spiro atoms. The third-order valence-corrected chi connectivity index (χ3v) is 3.95. The molecule has 0 saturated heterocycles. The first-order chi connectivity index (χ1) is 8.30. The lowest BCUT2D eigenvalue weighted by Crippen LogP contribution is -2.38. The SMILES string of the molecule is CCCCC1CCC(CNC(=NC)NC)CC1. The highest BCUT2D eigenvalue weighted by Crippen LogP contribution is 2.31. The lowest BCUT2D eigenvalue weighted by atomic mass is 9.80. The summed E-state index contributed by atoms with van der Waals surface area (Å²) in [5.74, 6) is 2.77. The molecule has 0 amide bonds. The van der Waals surface area contributed by atoms with Gasteiger partial charge in [-0.2, -0.15) is 0 Å². The molecule has 1 aliphatic carbocycles. The number of hydrogen-bond donors (Lipinski definition) is 2. The molecular weight excluding hydrogens is 210 g/mol. The molecule has 1 aliphatic rings. The van der Waals surface area contributed by atoms with Crippen molar-refractivity contribution in [3.05, 3.63) is 0 Å². The minimum Gasteiger partial charge on any atom is -0.359 e. The van der Waals surface area contributed by atoms with Gasteiger partial charge in [-0.1, -0.05) is 39.0 Å². The van der Waals surface area contributed by atoms with Gasteiger partial charge in [-0.25, -0.2) is 0 Å². The van der Waals surface area contributed by atoms with E-state index < -0.39 is 0 Å². The van der Waals surface area contributed by atoms with E-state index in [9.17, 15) is 0 Å². The zero-order chi connectivity index (χ0) is 12.5. The van der Waals surface area contributed by atoms with Crippen molar-refractivity contribution in [1.29, 1.82) is 0 Å². The zero-order valence-corrected chi connectivity index (χ0v) is 11.8. The molecule has 0 aromatic carbocycles. The normalized spacial score (nSPS) is 25.7. The smallest absolute Gasteiger partial charge is 0.190 e. The highest BCUT2D eigenvalue weighted by Gasteiger charge is 2.20. The van der Waals surface area contributed by atoms with E-state index in [1.165, 1.54) is 44.9 Å². The maximum atomic E-state index is 4.14. The lowest BCUT2D eigenvalue weighted by Gasteiger charge is -2.28. The Bertz CT molecular complexity index is 218. The Morgan fingerprint density at radius 2 is 1.82 bits per heavy atom. The van der Waals surface area contributed by atoms with Gasteiger partial charge in [0.05, 0.1) is 0 Å². The van der Waals surface area contributed by atoms with Gasteiger partial charge in [0.1, 0.15) is 0 Å². The van der Waals surface area contributed by atoms with E-state index in [0.717, 1.165) is 24.3 Å². The number of unbranched alkanes of at least 4 members (excludes halogenated alkanes) is 1. The fourth-order valence-electron chi connectivity index (χ4n) is 2.74. The van der Waals surface area contributed by atoms with Crippen molar-refractivity contribution in [2.24, 2.45) is 16.8 Å². The van der Waals surface area contributed by atoms with Crippen LogP contribution >= 0.6 is 0 Å². The number of guanidine groups is 1. The summed E-state index contributed by atoms with van der Waals surface area (Å²) in [7, 11) is 3.73. The van der Waals surface area contributed by atoms with E-state index in [2.05, 4.69) is 22.5 Å². The monoisotopic (exact) mass is 239 g/mol. The Labute approximate surface area is 106 Å². The fourth-order valence-corrected chi connectivity index (χ4v) is 2.74. The predicted molar refractivity (Wildman–Crippen MR) is 75.4 cm³/mol. The fraction of sp³-hybridized carbons (Fsp3) is 0.929. The maximum Gasteiger partial charge on any atom is 0.190 e. The van der Waals surface area contributed by atoms with Crippen LogP contribution in [-0.2, 0) is 0 Å². The molecule has 0 radical (unpaired) electrons. The molecule has 1 saturated carbocycles. The van der Waals surface area contributed by atoms with Crippen LogP contribution in [0, 0.1) is 11.8 Å². The van der Waals surface area contributed by atoms with Crippen LogP contribution in [0.4, 0.5) is 0 Å². The van der Waals surface area contributed by atoms with E-state index in [1.807, 2.05) is 14.1 Å². The van der Waals surface area contributed by atoms with E-state index in [4.69, 9.17) is 0 Å². The molecule has 0 heterocycles. The van der Waals surface area contributed by atoms with Gasteiger partial charge in [0.2, 0.25) is 0 Å². The average molecular weight is 239 g/mol. The second-order valence-electron chi connectivity index (χ2n) is 5.23. The third-order valence-electron chi connectivity index (χ3n) is 3.95. The van der Waals surface area contributed by atoms with Crippen molar-refractivity contribution in [2.45, 2.75) is 51.9 Å². The second-order valence-corrected chi connectivity index (χ2v) is 5.23. The Hall–Kier alpha value is -0.730. The molecule has 3 nitrogen and oxygen atoms in total. The van der Waals surface area contributed by atoms with Crippen LogP contribution in [0.5, 0.6) is 0 Å². The first-order valence-corrected chi connectivity index (χ1v) is 7.18. The summed E-state index contributed by atoms with van der Waals surface area (Å²) >= 11 is 0. The summed E-state index contributed by atoms with van der Waals surface area (Å²) in [4.78, 5) is 4.14. The Morgan fingerprint density at radius 3 is 2.35 bits per heavy atom. The van der Waals surface area contributed by atoms with Crippen LogP contribution in [0.25, 0.3) is 0 Å². The number of nitrogens with zero attached hydrogens (tertiary/aromatic N) is 1. The number of nitrogens with one attached hydrogen (secondary N) is 2. The highest BCUT2D eigenvalue weighted by atomic mass is 15.1. The van der Waals surface area contributed by atoms with Crippen molar-refractivity contribution in [2.75, 3.05) is 20.6 Å². The minimum absolute atomic E-state index is 0.845. The molecule has 0 aromatic heterocycles. The molecule has 0 unspecified atom stereocenters. The highest BCUT2D eigenvalue weighted by molar-refractivity contribution is 5.79. The average Bonchev–Trinajstić information content (AvgIpc) is 2.39. The third kappa shape index (κ3) is 5.42. The summed E-state index contributed by atoms with van der Waals surface area (Å²) in [5.41, 5.74) is 0. The number of rotatable bonds is 5. The molecular formula is C14H29N3. The lowest BCUT2D eigenvalue weighted by molar-refractivity contribution is 0.259. The van der Waals surface area contributed by atoms with Crippen LogP contribution < -0.4 is 10.6 Å². The molecule has 1 fully saturated rings.